The van der Waals surface area contributed by atoms with E-state index in [0.717, 1.165) is 35.5 Å². The molecule has 0 spiro atoms. The maximum atomic E-state index is 12.3. The molecule has 2 amide bonds. The highest BCUT2D eigenvalue weighted by atomic mass is 32.2. The van der Waals surface area contributed by atoms with Crippen LogP contribution in [0.1, 0.15) is 51.8 Å². The molecule has 1 aromatic carbocycles. The van der Waals surface area contributed by atoms with E-state index in [1.807, 2.05) is 24.3 Å². The van der Waals surface area contributed by atoms with Gasteiger partial charge >= 0.3 is 6.03 Å². The summed E-state index contributed by atoms with van der Waals surface area (Å²) in [5.74, 6) is 1.39. The molecule has 0 aliphatic carbocycles. The van der Waals surface area contributed by atoms with Crippen LogP contribution in [0, 0.1) is 5.41 Å². The molecule has 0 radical (unpaired) electrons. The summed E-state index contributed by atoms with van der Waals surface area (Å²) in [5, 5.41) is 5.78. The quantitative estimate of drug-likeness (QED) is 0.511. The third-order valence-electron chi connectivity index (χ3n) is 6.91. The highest BCUT2D eigenvalue weighted by Gasteiger charge is 2.31. The van der Waals surface area contributed by atoms with E-state index in [2.05, 4.69) is 43.2 Å². The SMILES string of the molecule is CC1COCCN1c1nc(-c2ccc(NC(=O)NCCCC(C)(C)C)cc2)nc2c1CCN(S(C)(=O)=O)C2. The molecule has 2 aromatic rings. The molecule has 208 valence electrons. The third kappa shape index (κ3) is 7.21. The Morgan fingerprint density at radius 2 is 1.89 bits per heavy atom. The smallest absolute Gasteiger partial charge is 0.319 e. The lowest BCUT2D eigenvalue weighted by Crippen LogP contribution is -2.45. The molecular formula is C27H40N6O4S. The third-order valence-corrected chi connectivity index (χ3v) is 8.16. The van der Waals surface area contributed by atoms with Gasteiger partial charge in [-0.1, -0.05) is 20.8 Å². The largest absolute Gasteiger partial charge is 0.377 e. The minimum absolute atomic E-state index is 0.150. The molecule has 3 heterocycles. The van der Waals surface area contributed by atoms with Crippen molar-refractivity contribution in [2.24, 2.45) is 5.41 Å². The summed E-state index contributed by atoms with van der Waals surface area (Å²) in [6, 6.07) is 7.32. The zero-order valence-corrected chi connectivity index (χ0v) is 23.9. The van der Waals surface area contributed by atoms with Gasteiger partial charge in [-0.2, -0.15) is 4.31 Å². The number of sulfonamides is 1. The van der Waals surface area contributed by atoms with Gasteiger partial charge in [0.2, 0.25) is 10.0 Å². The van der Waals surface area contributed by atoms with Crippen LogP contribution in [0.25, 0.3) is 11.4 Å². The Morgan fingerprint density at radius 3 is 2.55 bits per heavy atom. The fraction of sp³-hybridized carbons (Fsp3) is 0.593. The number of morpholine rings is 1. The number of benzene rings is 1. The Morgan fingerprint density at radius 1 is 1.16 bits per heavy atom. The van der Waals surface area contributed by atoms with Crippen molar-refractivity contribution in [3.8, 4) is 11.4 Å². The standard InChI is InChI=1S/C27H40N6O4S/c1-19-18-37-16-15-33(19)25-22-11-14-32(38(5,35)36)17-23(22)30-24(31-25)20-7-9-21(10-8-20)29-26(34)28-13-6-12-27(2,3)4/h7-10,19H,6,11-18H2,1-5H3,(H2,28,29,34). The van der Waals surface area contributed by atoms with Gasteiger partial charge < -0.3 is 20.3 Å². The molecule has 2 aliphatic heterocycles. The zero-order valence-electron chi connectivity index (χ0n) is 23.1. The van der Waals surface area contributed by atoms with E-state index >= 15 is 0 Å². The number of nitrogens with zero attached hydrogens (tertiary/aromatic N) is 4. The molecule has 10 nitrogen and oxygen atoms in total. The summed E-state index contributed by atoms with van der Waals surface area (Å²) in [5.41, 5.74) is 3.45. The lowest BCUT2D eigenvalue weighted by atomic mass is 9.91. The molecule has 1 atom stereocenters. The predicted octanol–water partition coefficient (Wildman–Crippen LogP) is 3.63. The highest BCUT2D eigenvalue weighted by molar-refractivity contribution is 7.88. The molecule has 2 aliphatic rings. The summed E-state index contributed by atoms with van der Waals surface area (Å²) in [4.78, 5) is 24.3. The fourth-order valence-electron chi connectivity index (χ4n) is 4.78. The Hall–Kier alpha value is -2.76. The van der Waals surface area contributed by atoms with Crippen LogP contribution >= 0.6 is 0 Å². The predicted molar refractivity (Wildman–Crippen MR) is 150 cm³/mol. The summed E-state index contributed by atoms with van der Waals surface area (Å²) in [6.07, 6.45) is 3.76. The van der Waals surface area contributed by atoms with Crippen molar-refractivity contribution in [1.82, 2.24) is 19.6 Å². The number of carbonyl (C=O) groups is 1. The minimum atomic E-state index is -3.33. The molecule has 2 N–H and O–H groups in total. The van der Waals surface area contributed by atoms with E-state index in [-0.39, 0.29) is 24.0 Å². The molecule has 1 fully saturated rings. The fourth-order valence-corrected chi connectivity index (χ4v) is 5.56. The van der Waals surface area contributed by atoms with Crippen LogP contribution in [-0.2, 0) is 27.7 Å². The Kier molecular flexibility index (Phi) is 8.59. The number of rotatable bonds is 7. The average Bonchev–Trinajstić information content (AvgIpc) is 2.85. The van der Waals surface area contributed by atoms with Crippen LogP contribution in [0.5, 0.6) is 0 Å². The second-order valence-corrected chi connectivity index (χ2v) is 13.4. The van der Waals surface area contributed by atoms with Crippen LogP contribution in [0.4, 0.5) is 16.3 Å². The number of hydrogen-bond acceptors (Lipinski definition) is 7. The van der Waals surface area contributed by atoms with Crippen LogP contribution < -0.4 is 15.5 Å². The summed E-state index contributed by atoms with van der Waals surface area (Å²) in [6.45, 7) is 11.9. The zero-order chi connectivity index (χ0) is 27.5. The molecular weight excluding hydrogens is 504 g/mol. The average molecular weight is 545 g/mol. The van der Waals surface area contributed by atoms with Gasteiger partial charge in [0.05, 0.1) is 37.8 Å². The number of carbonyl (C=O) groups excluding carboxylic acids is 1. The number of nitrogens with one attached hydrogen (secondary N) is 2. The topological polar surface area (TPSA) is 117 Å². The highest BCUT2D eigenvalue weighted by Crippen LogP contribution is 2.32. The van der Waals surface area contributed by atoms with E-state index in [1.165, 1.54) is 10.6 Å². The van der Waals surface area contributed by atoms with Gasteiger partial charge in [0.25, 0.3) is 0 Å². The number of amides is 2. The van der Waals surface area contributed by atoms with E-state index in [9.17, 15) is 13.2 Å². The number of hydrogen-bond donors (Lipinski definition) is 2. The van der Waals surface area contributed by atoms with Crippen LogP contribution in [-0.4, -0.2) is 73.9 Å². The van der Waals surface area contributed by atoms with Crippen molar-refractivity contribution in [2.75, 3.05) is 49.3 Å². The van der Waals surface area contributed by atoms with Crippen molar-refractivity contribution < 1.29 is 17.9 Å². The van der Waals surface area contributed by atoms with Crippen molar-refractivity contribution >= 4 is 27.6 Å². The maximum Gasteiger partial charge on any atom is 0.319 e. The van der Waals surface area contributed by atoms with Gasteiger partial charge in [0, 0.05) is 36.4 Å². The van der Waals surface area contributed by atoms with Gasteiger partial charge in [0.1, 0.15) is 5.82 Å². The summed E-state index contributed by atoms with van der Waals surface area (Å²) >= 11 is 0. The van der Waals surface area contributed by atoms with Crippen LogP contribution in [0.2, 0.25) is 0 Å². The summed E-state index contributed by atoms with van der Waals surface area (Å²) in [7, 11) is -3.33. The number of aromatic nitrogens is 2. The first-order chi connectivity index (χ1) is 17.9. The Bertz CT molecular complexity index is 1240. The van der Waals surface area contributed by atoms with Crippen LogP contribution in [0.15, 0.2) is 24.3 Å². The minimum Gasteiger partial charge on any atom is -0.377 e. The summed E-state index contributed by atoms with van der Waals surface area (Å²) < 4.78 is 31.6. The van der Waals surface area contributed by atoms with Gasteiger partial charge in [-0.05, 0) is 55.9 Å². The van der Waals surface area contributed by atoms with Crippen molar-refractivity contribution in [1.29, 1.82) is 0 Å². The van der Waals surface area contributed by atoms with Crippen molar-refractivity contribution in [2.45, 2.75) is 59.5 Å². The number of urea groups is 1. The molecule has 11 heteroatoms. The first-order valence-corrected chi connectivity index (χ1v) is 15.1. The normalized spacial score (nSPS) is 18.7. The number of anilines is 2. The van der Waals surface area contributed by atoms with Gasteiger partial charge in [-0.25, -0.2) is 23.2 Å². The van der Waals surface area contributed by atoms with Crippen molar-refractivity contribution in [3.05, 3.63) is 35.5 Å². The first-order valence-electron chi connectivity index (χ1n) is 13.3. The van der Waals surface area contributed by atoms with E-state index < -0.39 is 10.0 Å². The van der Waals surface area contributed by atoms with Crippen molar-refractivity contribution in [3.63, 3.8) is 0 Å². The maximum absolute atomic E-state index is 12.3. The van der Waals surface area contributed by atoms with Gasteiger partial charge in [-0.15, -0.1) is 0 Å². The molecule has 0 saturated carbocycles. The van der Waals surface area contributed by atoms with Gasteiger partial charge in [0.15, 0.2) is 5.82 Å². The monoisotopic (exact) mass is 544 g/mol. The Balaban J connectivity index is 1.54. The van der Waals surface area contributed by atoms with E-state index in [0.29, 0.717) is 50.8 Å². The second kappa shape index (κ2) is 11.5. The molecule has 0 bridgehead atoms. The molecule has 1 unspecified atom stereocenters. The number of ether oxygens (including phenoxy) is 1. The van der Waals surface area contributed by atoms with Gasteiger partial charge in [-0.3, -0.25) is 0 Å². The second-order valence-electron chi connectivity index (χ2n) is 11.4. The lowest BCUT2D eigenvalue weighted by Gasteiger charge is -2.37. The number of fused-ring (bicyclic) bond motifs is 1. The lowest BCUT2D eigenvalue weighted by molar-refractivity contribution is 0.0984. The molecule has 1 saturated heterocycles. The molecule has 4 rings (SSSR count). The van der Waals surface area contributed by atoms with Crippen LogP contribution in [0.3, 0.4) is 0 Å². The first kappa shape index (κ1) is 28.3. The molecule has 1 aromatic heterocycles. The molecule has 38 heavy (non-hydrogen) atoms. The van der Waals surface area contributed by atoms with E-state index in [4.69, 9.17) is 14.7 Å². The Labute approximate surface area is 226 Å². The van der Waals surface area contributed by atoms with E-state index in [1.54, 1.807) is 0 Å².